The highest BCUT2D eigenvalue weighted by Gasteiger charge is 2.44. The van der Waals surface area contributed by atoms with Crippen LogP contribution < -0.4 is 16.0 Å². The highest BCUT2D eigenvalue weighted by molar-refractivity contribution is 6.02. The van der Waals surface area contributed by atoms with Crippen LogP contribution in [-0.2, 0) is 21.6 Å². The highest BCUT2D eigenvalue weighted by atomic mass is 16.5. The number of nitrogens with zero attached hydrogens (tertiary/aromatic N) is 4. The molecule has 11 nitrogen and oxygen atoms in total. The number of likely N-dealkylation sites (N-methyl/N-ethyl adjacent to an activating group) is 1. The summed E-state index contributed by atoms with van der Waals surface area (Å²) in [6.45, 7) is 10.2. The summed E-state index contributed by atoms with van der Waals surface area (Å²) in [6.07, 6.45) is 4.83. The standard InChI is InChI=1S/C29H38N8O3/c1-6-24(38)31-20-7-8-21-19(15-20)9-12-30-26(21)33-27-22-16-37(29(2,3)25(22)34-35-27)28(39)32-23(17-36(4)5)18-10-13-40-14-11-18/h6-9,12,15,18,23H,1,10-11,13-14,16-17H2,2-5H3,(H,31,38)(H,32,39)(H2,30,33,34,35)/t23-/m1/s1. The topological polar surface area (TPSA) is 128 Å². The predicted octanol–water partition coefficient (Wildman–Crippen LogP) is 3.94. The lowest BCUT2D eigenvalue weighted by Gasteiger charge is -2.37. The smallest absolute Gasteiger partial charge is 0.318 e. The molecule has 5 rings (SSSR count). The third-order valence-electron chi connectivity index (χ3n) is 7.87. The van der Waals surface area contributed by atoms with Gasteiger partial charge in [-0.2, -0.15) is 5.10 Å². The van der Waals surface area contributed by atoms with E-state index in [2.05, 4.69) is 42.6 Å². The molecule has 0 spiro atoms. The van der Waals surface area contributed by atoms with Crippen molar-refractivity contribution < 1.29 is 14.3 Å². The molecule has 2 aliphatic rings. The van der Waals surface area contributed by atoms with E-state index in [9.17, 15) is 9.59 Å². The van der Waals surface area contributed by atoms with Gasteiger partial charge in [0.2, 0.25) is 5.91 Å². The van der Waals surface area contributed by atoms with E-state index in [4.69, 9.17) is 4.74 Å². The van der Waals surface area contributed by atoms with Gasteiger partial charge in [0.15, 0.2) is 5.82 Å². The molecule has 2 aromatic heterocycles. The summed E-state index contributed by atoms with van der Waals surface area (Å²) in [5.74, 6) is 1.39. The van der Waals surface area contributed by atoms with Crippen molar-refractivity contribution in [3.63, 3.8) is 0 Å². The SMILES string of the molecule is C=CC(=O)Nc1ccc2c(Nc3n[nH]c4c3CN(C(=O)N[C@H](CN(C)C)C3CCOCC3)C4(C)C)nccc2c1. The number of aromatic amines is 1. The fourth-order valence-corrected chi connectivity index (χ4v) is 5.67. The first-order valence-corrected chi connectivity index (χ1v) is 13.6. The number of carbonyl (C=O) groups is 2. The second-order valence-electron chi connectivity index (χ2n) is 11.3. The average molecular weight is 547 g/mol. The lowest BCUT2D eigenvalue weighted by Crippen LogP contribution is -2.54. The van der Waals surface area contributed by atoms with Crippen LogP contribution in [0.3, 0.4) is 0 Å². The molecule has 212 valence electrons. The van der Waals surface area contributed by atoms with Crippen molar-refractivity contribution in [1.82, 2.24) is 30.3 Å². The zero-order valence-corrected chi connectivity index (χ0v) is 23.6. The number of H-pyrrole nitrogens is 1. The minimum absolute atomic E-state index is 0.0397. The Morgan fingerprint density at radius 2 is 2.02 bits per heavy atom. The number of hydrogen-bond acceptors (Lipinski definition) is 7. The van der Waals surface area contributed by atoms with Gasteiger partial charge >= 0.3 is 6.03 Å². The molecule has 4 N–H and O–H groups in total. The van der Waals surface area contributed by atoms with E-state index in [1.54, 1.807) is 6.20 Å². The molecule has 1 aromatic carbocycles. The number of pyridine rings is 1. The number of fused-ring (bicyclic) bond motifs is 2. The fourth-order valence-electron chi connectivity index (χ4n) is 5.67. The van der Waals surface area contributed by atoms with Crippen molar-refractivity contribution in [1.29, 1.82) is 0 Å². The van der Waals surface area contributed by atoms with E-state index in [1.165, 1.54) is 6.08 Å². The summed E-state index contributed by atoms with van der Waals surface area (Å²) >= 11 is 0. The van der Waals surface area contributed by atoms with Crippen molar-refractivity contribution in [3.05, 3.63) is 54.4 Å². The van der Waals surface area contributed by atoms with Crippen LogP contribution in [0.5, 0.6) is 0 Å². The molecule has 0 unspecified atom stereocenters. The van der Waals surface area contributed by atoms with Crippen LogP contribution in [-0.4, -0.2) is 76.8 Å². The van der Waals surface area contributed by atoms with Crippen molar-refractivity contribution in [2.45, 2.75) is 44.8 Å². The molecular weight excluding hydrogens is 508 g/mol. The molecule has 0 aliphatic carbocycles. The normalized spacial score (nSPS) is 17.5. The number of rotatable bonds is 8. The Labute approximate surface area is 234 Å². The monoisotopic (exact) mass is 546 g/mol. The maximum absolute atomic E-state index is 13.7. The molecule has 3 aromatic rings. The Bertz CT molecular complexity index is 1410. The summed E-state index contributed by atoms with van der Waals surface area (Å²) in [5, 5.41) is 19.0. The molecule has 0 bridgehead atoms. The second-order valence-corrected chi connectivity index (χ2v) is 11.3. The van der Waals surface area contributed by atoms with Crippen molar-refractivity contribution in [3.8, 4) is 0 Å². The third kappa shape index (κ3) is 5.52. The van der Waals surface area contributed by atoms with Gasteiger partial charge in [-0.3, -0.25) is 9.89 Å². The summed E-state index contributed by atoms with van der Waals surface area (Å²) in [4.78, 5) is 33.9. The van der Waals surface area contributed by atoms with E-state index in [0.717, 1.165) is 54.6 Å². The van der Waals surface area contributed by atoms with Crippen LogP contribution in [0.15, 0.2) is 43.1 Å². The minimum atomic E-state index is -0.574. The number of hydrogen-bond donors (Lipinski definition) is 4. The number of nitrogens with one attached hydrogen (secondary N) is 4. The molecule has 1 atom stereocenters. The Morgan fingerprint density at radius 3 is 2.75 bits per heavy atom. The van der Waals surface area contributed by atoms with Crippen LogP contribution in [0, 0.1) is 5.92 Å². The quantitative estimate of drug-likeness (QED) is 0.315. The molecule has 1 fully saturated rings. The first-order chi connectivity index (χ1) is 19.2. The molecular formula is C29H38N8O3. The van der Waals surface area contributed by atoms with Gasteiger partial charge in [-0.15, -0.1) is 0 Å². The third-order valence-corrected chi connectivity index (χ3v) is 7.87. The predicted molar refractivity (Wildman–Crippen MR) is 155 cm³/mol. The summed E-state index contributed by atoms with van der Waals surface area (Å²) in [5.41, 5.74) is 1.93. The average Bonchev–Trinajstić information content (AvgIpc) is 3.46. The zero-order valence-electron chi connectivity index (χ0n) is 23.6. The van der Waals surface area contributed by atoms with E-state index >= 15 is 0 Å². The minimum Gasteiger partial charge on any atom is -0.381 e. The van der Waals surface area contributed by atoms with Crippen molar-refractivity contribution in [2.24, 2.45) is 5.92 Å². The Hall–Kier alpha value is -3.96. The first kappa shape index (κ1) is 27.6. The lowest BCUT2D eigenvalue weighted by molar-refractivity contribution is -0.111. The van der Waals surface area contributed by atoms with Gasteiger partial charge in [-0.1, -0.05) is 6.58 Å². The van der Waals surface area contributed by atoms with Crippen molar-refractivity contribution >= 4 is 40.0 Å². The number of ether oxygens (including phenoxy) is 1. The molecule has 1 saturated heterocycles. The summed E-state index contributed by atoms with van der Waals surface area (Å²) in [7, 11) is 4.07. The van der Waals surface area contributed by atoms with Crippen molar-refractivity contribution in [2.75, 3.05) is 44.5 Å². The van der Waals surface area contributed by atoms with Crippen LogP contribution in [0.1, 0.15) is 37.9 Å². The second kappa shape index (κ2) is 11.3. The Morgan fingerprint density at radius 1 is 1.25 bits per heavy atom. The zero-order chi connectivity index (χ0) is 28.4. The van der Waals surface area contributed by atoms with E-state index in [1.807, 2.05) is 57.1 Å². The highest BCUT2D eigenvalue weighted by Crippen LogP contribution is 2.41. The van der Waals surface area contributed by atoms with Crippen LogP contribution in [0.25, 0.3) is 10.8 Å². The van der Waals surface area contributed by atoms with Gasteiger partial charge in [0.1, 0.15) is 5.82 Å². The van der Waals surface area contributed by atoms with Gasteiger partial charge < -0.3 is 30.5 Å². The van der Waals surface area contributed by atoms with Gasteiger partial charge in [0, 0.05) is 48.6 Å². The number of anilines is 3. The number of amides is 3. The summed E-state index contributed by atoms with van der Waals surface area (Å²) < 4.78 is 5.56. The van der Waals surface area contributed by atoms with Gasteiger partial charge in [-0.05, 0) is 82.4 Å². The van der Waals surface area contributed by atoms with Gasteiger partial charge in [-0.25, -0.2) is 9.78 Å². The molecule has 40 heavy (non-hydrogen) atoms. The van der Waals surface area contributed by atoms with Gasteiger partial charge in [0.05, 0.1) is 17.8 Å². The molecule has 0 radical (unpaired) electrons. The van der Waals surface area contributed by atoms with Crippen LogP contribution in [0.4, 0.5) is 22.1 Å². The first-order valence-electron chi connectivity index (χ1n) is 13.6. The van der Waals surface area contributed by atoms with Crippen LogP contribution in [0.2, 0.25) is 0 Å². The Kier molecular flexibility index (Phi) is 7.77. The number of aromatic nitrogens is 3. The number of urea groups is 1. The summed E-state index contributed by atoms with van der Waals surface area (Å²) in [6, 6.07) is 7.45. The molecule has 11 heteroatoms. The maximum atomic E-state index is 13.7. The fraction of sp³-hybridized carbons (Fsp3) is 0.448. The van der Waals surface area contributed by atoms with Crippen LogP contribution >= 0.6 is 0 Å². The van der Waals surface area contributed by atoms with Gasteiger partial charge in [0.25, 0.3) is 0 Å². The number of benzene rings is 1. The number of carbonyl (C=O) groups excluding carboxylic acids is 2. The largest absolute Gasteiger partial charge is 0.381 e. The molecule has 4 heterocycles. The lowest BCUT2D eigenvalue weighted by atomic mass is 9.91. The molecule has 3 amide bonds. The van der Waals surface area contributed by atoms with E-state index in [0.29, 0.717) is 29.8 Å². The molecule has 2 aliphatic heterocycles. The Balaban J connectivity index is 1.35. The maximum Gasteiger partial charge on any atom is 0.318 e. The molecule has 0 saturated carbocycles. The van der Waals surface area contributed by atoms with E-state index < -0.39 is 5.54 Å². The van der Waals surface area contributed by atoms with E-state index in [-0.39, 0.29) is 18.0 Å².